The Morgan fingerprint density at radius 3 is 2.26 bits per heavy atom. The number of hydrogen-bond acceptors (Lipinski definition) is 5. The molecule has 0 radical (unpaired) electrons. The fraction of sp³-hybridized carbons (Fsp3) is 0.0870. The molecule has 0 spiro atoms. The Bertz CT molecular complexity index is 1520. The number of amides is 1. The lowest BCUT2D eigenvalue weighted by molar-refractivity contribution is 0.0949. The number of aromatic nitrogens is 4. The van der Waals surface area contributed by atoms with E-state index >= 15 is 0 Å². The van der Waals surface area contributed by atoms with Crippen molar-refractivity contribution in [3.8, 4) is 16.9 Å². The summed E-state index contributed by atoms with van der Waals surface area (Å²) < 4.78 is 28.2. The van der Waals surface area contributed by atoms with E-state index in [2.05, 4.69) is 15.3 Å². The van der Waals surface area contributed by atoms with Gasteiger partial charge in [-0.15, -0.1) is 0 Å². The van der Waals surface area contributed by atoms with E-state index < -0.39 is 28.8 Å². The van der Waals surface area contributed by atoms with Gasteiger partial charge in [0.15, 0.2) is 0 Å². The lowest BCUT2D eigenvalue weighted by atomic mass is 10.1. The van der Waals surface area contributed by atoms with Gasteiger partial charge in [0.2, 0.25) is 0 Å². The van der Waals surface area contributed by atoms with Crippen LogP contribution in [0.1, 0.15) is 10.4 Å². The zero-order valence-electron chi connectivity index (χ0n) is 17.5. The van der Waals surface area contributed by atoms with Crippen molar-refractivity contribution in [2.75, 3.05) is 6.54 Å². The molecule has 11 heteroatoms. The zero-order chi connectivity index (χ0) is 24.2. The number of nitrogens with zero attached hydrogens (tertiary/aromatic N) is 3. The lowest BCUT2D eigenvalue weighted by Crippen LogP contribution is -2.40. The maximum atomic E-state index is 13.2. The topological polar surface area (TPSA) is 119 Å². The summed E-state index contributed by atoms with van der Waals surface area (Å²) in [6, 6.07) is 11.5. The number of rotatable bonds is 6. The number of H-pyrrole nitrogens is 1. The molecule has 34 heavy (non-hydrogen) atoms. The van der Waals surface area contributed by atoms with Gasteiger partial charge in [-0.3, -0.25) is 19.0 Å². The van der Waals surface area contributed by atoms with Crippen molar-refractivity contribution in [1.29, 1.82) is 0 Å². The predicted molar refractivity (Wildman–Crippen MR) is 119 cm³/mol. The van der Waals surface area contributed by atoms with Crippen molar-refractivity contribution in [2.24, 2.45) is 0 Å². The summed E-state index contributed by atoms with van der Waals surface area (Å²) >= 11 is 0. The molecule has 172 valence electrons. The molecule has 2 heterocycles. The molecule has 2 aromatic heterocycles. The number of nitrogens with one attached hydrogen (secondary N) is 2. The van der Waals surface area contributed by atoms with E-state index in [1.165, 1.54) is 53.4 Å². The predicted octanol–water partition coefficient (Wildman–Crippen LogP) is 1.46. The van der Waals surface area contributed by atoms with Crippen LogP contribution in [0.25, 0.3) is 16.9 Å². The van der Waals surface area contributed by atoms with Crippen LogP contribution in [-0.2, 0) is 6.54 Å². The third-order valence-electron chi connectivity index (χ3n) is 4.96. The van der Waals surface area contributed by atoms with Gasteiger partial charge in [0, 0.05) is 30.9 Å². The number of carbonyl (C=O) groups is 1. The normalized spacial score (nSPS) is 10.8. The first-order valence-electron chi connectivity index (χ1n) is 10.0. The van der Waals surface area contributed by atoms with Crippen LogP contribution in [0.2, 0.25) is 0 Å². The molecule has 0 aliphatic rings. The minimum absolute atomic E-state index is 0.00850. The molecule has 1 amide bonds. The van der Waals surface area contributed by atoms with E-state index in [1.54, 1.807) is 0 Å². The van der Waals surface area contributed by atoms with E-state index in [9.17, 15) is 28.0 Å². The smallest absolute Gasteiger partial charge is 0.333 e. The minimum atomic E-state index is -0.879. The summed E-state index contributed by atoms with van der Waals surface area (Å²) in [5.74, 6) is -1.71. The molecule has 2 aromatic carbocycles. The second-order valence-electron chi connectivity index (χ2n) is 7.19. The third kappa shape index (κ3) is 4.72. The third-order valence-corrected chi connectivity index (χ3v) is 4.96. The Balaban J connectivity index is 1.46. The first-order valence-corrected chi connectivity index (χ1v) is 10.0. The summed E-state index contributed by atoms with van der Waals surface area (Å²) in [5, 5.41) is 2.51. The van der Waals surface area contributed by atoms with Crippen LogP contribution in [0.5, 0.6) is 0 Å². The van der Waals surface area contributed by atoms with Crippen LogP contribution in [0.3, 0.4) is 0 Å². The monoisotopic (exact) mass is 465 g/mol. The Hall–Kier alpha value is -4.67. The molecule has 2 N–H and O–H groups in total. The van der Waals surface area contributed by atoms with Gasteiger partial charge >= 0.3 is 5.69 Å². The highest BCUT2D eigenvalue weighted by Crippen LogP contribution is 2.15. The Kier molecular flexibility index (Phi) is 6.26. The van der Waals surface area contributed by atoms with Crippen LogP contribution in [0.4, 0.5) is 8.78 Å². The number of carbonyl (C=O) groups excluding carboxylic acids is 1. The fourth-order valence-corrected chi connectivity index (χ4v) is 3.22. The van der Waals surface area contributed by atoms with Crippen molar-refractivity contribution in [3.05, 3.63) is 116 Å². The number of hydrogen-bond donors (Lipinski definition) is 2. The summed E-state index contributed by atoms with van der Waals surface area (Å²) in [6.45, 7) is 0.0577. The highest BCUT2D eigenvalue weighted by atomic mass is 19.1. The van der Waals surface area contributed by atoms with E-state index in [0.29, 0.717) is 11.3 Å². The van der Waals surface area contributed by atoms with Gasteiger partial charge in [-0.1, -0.05) is 0 Å². The van der Waals surface area contributed by atoms with Crippen LogP contribution >= 0.6 is 0 Å². The average molecular weight is 465 g/mol. The van der Waals surface area contributed by atoms with Gasteiger partial charge in [-0.05, 0) is 48.5 Å². The van der Waals surface area contributed by atoms with Gasteiger partial charge in [0.05, 0.1) is 17.7 Å². The summed E-state index contributed by atoms with van der Waals surface area (Å²) in [4.78, 5) is 56.2. The highest BCUT2D eigenvalue weighted by molar-refractivity contribution is 5.93. The number of aromatic amines is 1. The first-order chi connectivity index (χ1) is 16.3. The number of halogens is 2. The Morgan fingerprint density at radius 2 is 1.62 bits per heavy atom. The van der Waals surface area contributed by atoms with E-state index in [-0.39, 0.29) is 29.9 Å². The minimum Gasteiger partial charge on any atom is -0.350 e. The largest absolute Gasteiger partial charge is 0.350 e. The van der Waals surface area contributed by atoms with Gasteiger partial charge in [0.25, 0.3) is 17.0 Å². The molecule has 0 saturated heterocycles. The van der Waals surface area contributed by atoms with E-state index in [4.69, 9.17) is 0 Å². The standard InChI is InChI=1S/C23H17F2N5O4/c24-15-3-1-14(2-4-15)19-11-20(31)29(13-28-19)10-9-26-21(32)18-12-27-23(34)30(22(18)33)17-7-5-16(25)6-8-17/h1-8,11-13H,9-10H2,(H,26,32)(H,27,34). The highest BCUT2D eigenvalue weighted by Gasteiger charge is 2.16. The molecule has 0 unspecified atom stereocenters. The quantitative estimate of drug-likeness (QED) is 0.447. The summed E-state index contributed by atoms with van der Waals surface area (Å²) in [6.07, 6.45) is 2.29. The lowest BCUT2D eigenvalue weighted by Gasteiger charge is -2.09. The van der Waals surface area contributed by atoms with E-state index in [1.807, 2.05) is 0 Å². The van der Waals surface area contributed by atoms with Gasteiger partial charge in [0.1, 0.15) is 17.2 Å². The molecule has 0 saturated carbocycles. The summed E-state index contributed by atoms with van der Waals surface area (Å²) in [7, 11) is 0. The zero-order valence-corrected chi connectivity index (χ0v) is 17.5. The fourth-order valence-electron chi connectivity index (χ4n) is 3.22. The molecular weight excluding hydrogens is 448 g/mol. The second-order valence-corrected chi connectivity index (χ2v) is 7.19. The maximum absolute atomic E-state index is 13.2. The second kappa shape index (κ2) is 9.45. The molecule has 0 aliphatic heterocycles. The molecule has 4 rings (SSSR count). The molecule has 0 atom stereocenters. The van der Waals surface area contributed by atoms with Gasteiger partial charge in [-0.25, -0.2) is 23.1 Å². The maximum Gasteiger partial charge on any atom is 0.333 e. The molecule has 0 aliphatic carbocycles. The molecule has 0 fully saturated rings. The molecule has 9 nitrogen and oxygen atoms in total. The van der Waals surface area contributed by atoms with Crippen molar-refractivity contribution in [2.45, 2.75) is 6.54 Å². The van der Waals surface area contributed by atoms with Gasteiger partial charge in [-0.2, -0.15) is 0 Å². The van der Waals surface area contributed by atoms with Crippen molar-refractivity contribution < 1.29 is 13.6 Å². The molecule has 0 bridgehead atoms. The van der Waals surface area contributed by atoms with Crippen LogP contribution in [0.15, 0.2) is 81.5 Å². The number of benzene rings is 2. The average Bonchev–Trinajstić information content (AvgIpc) is 2.82. The molecular formula is C23H17F2N5O4. The van der Waals surface area contributed by atoms with Crippen molar-refractivity contribution in [1.82, 2.24) is 24.4 Å². The van der Waals surface area contributed by atoms with E-state index in [0.717, 1.165) is 22.9 Å². The van der Waals surface area contributed by atoms with Crippen molar-refractivity contribution >= 4 is 5.91 Å². The first kappa shape index (κ1) is 22.5. The SMILES string of the molecule is O=C(NCCn1cnc(-c2ccc(F)cc2)cc1=O)c1c[nH]c(=O)n(-c2ccc(F)cc2)c1=O. The van der Waals surface area contributed by atoms with Crippen LogP contribution < -0.4 is 22.1 Å². The summed E-state index contributed by atoms with van der Waals surface area (Å²) in [5.41, 5.74) is -1.33. The van der Waals surface area contributed by atoms with Crippen LogP contribution in [0, 0.1) is 11.6 Å². The van der Waals surface area contributed by atoms with Crippen LogP contribution in [-0.4, -0.2) is 31.6 Å². The van der Waals surface area contributed by atoms with Crippen molar-refractivity contribution in [3.63, 3.8) is 0 Å². The Labute approximate surface area is 190 Å². The Morgan fingerprint density at radius 1 is 0.971 bits per heavy atom. The molecule has 4 aromatic rings. The van der Waals surface area contributed by atoms with Gasteiger partial charge < -0.3 is 10.3 Å².